The topological polar surface area (TPSA) is 86.3 Å². The lowest BCUT2D eigenvalue weighted by molar-refractivity contribution is -0.393. The van der Waals surface area contributed by atoms with Crippen LogP contribution in [0.1, 0.15) is 0 Å². The Hall–Kier alpha value is -2.06. The molecule has 100 valence electrons. The normalized spacial score (nSPS) is 12.4. The van der Waals surface area contributed by atoms with Crippen LogP contribution >= 0.6 is 23.5 Å². The van der Waals surface area contributed by atoms with E-state index in [1.807, 2.05) is 24.3 Å². The fourth-order valence-electron chi connectivity index (χ4n) is 1.87. The summed E-state index contributed by atoms with van der Waals surface area (Å²) in [7, 11) is 0. The summed E-state index contributed by atoms with van der Waals surface area (Å²) in [6, 6.07) is 9.75. The molecule has 0 atom stereocenters. The summed E-state index contributed by atoms with van der Waals surface area (Å²) in [5.74, 6) is 0. The highest BCUT2D eigenvalue weighted by molar-refractivity contribution is 8.05. The average molecular weight is 306 g/mol. The average Bonchev–Trinajstić information content (AvgIpc) is 2.43. The van der Waals surface area contributed by atoms with Gasteiger partial charge in [0.1, 0.15) is 9.79 Å². The molecule has 0 fully saturated rings. The van der Waals surface area contributed by atoms with Gasteiger partial charge in [0.05, 0.1) is 9.85 Å². The van der Waals surface area contributed by atoms with Gasteiger partial charge >= 0.3 is 0 Å². The maximum Gasteiger partial charge on any atom is 0.284 e. The van der Waals surface area contributed by atoms with E-state index >= 15 is 0 Å². The number of benzene rings is 2. The van der Waals surface area contributed by atoms with Gasteiger partial charge in [-0.3, -0.25) is 20.2 Å². The van der Waals surface area contributed by atoms with E-state index < -0.39 is 9.85 Å². The fourth-order valence-corrected chi connectivity index (χ4v) is 4.32. The van der Waals surface area contributed by atoms with Gasteiger partial charge in [0, 0.05) is 21.9 Å². The van der Waals surface area contributed by atoms with Crippen molar-refractivity contribution in [3.63, 3.8) is 0 Å². The van der Waals surface area contributed by atoms with Crippen molar-refractivity contribution in [3.8, 4) is 0 Å². The molecule has 0 saturated carbocycles. The lowest BCUT2D eigenvalue weighted by atomic mass is 10.3. The first-order chi connectivity index (χ1) is 9.58. The highest BCUT2D eigenvalue weighted by atomic mass is 32.2. The third-order valence-electron chi connectivity index (χ3n) is 2.74. The van der Waals surface area contributed by atoms with Crippen molar-refractivity contribution in [2.24, 2.45) is 0 Å². The smallest absolute Gasteiger partial charge is 0.258 e. The van der Waals surface area contributed by atoms with E-state index in [0.717, 1.165) is 9.79 Å². The number of fused-ring (bicyclic) bond motifs is 2. The summed E-state index contributed by atoms with van der Waals surface area (Å²) >= 11 is 2.40. The molecule has 1 aliphatic heterocycles. The van der Waals surface area contributed by atoms with E-state index in [-0.39, 0.29) is 11.4 Å². The summed E-state index contributed by atoms with van der Waals surface area (Å²) in [4.78, 5) is 23.6. The molecule has 6 nitrogen and oxygen atoms in total. The second-order valence-corrected chi connectivity index (χ2v) is 6.03. The highest BCUT2D eigenvalue weighted by Crippen LogP contribution is 2.54. The summed E-state index contributed by atoms with van der Waals surface area (Å²) in [6.07, 6.45) is 0. The fraction of sp³-hybridized carbons (Fsp3) is 0. The Morgan fingerprint density at radius 3 is 1.50 bits per heavy atom. The zero-order valence-electron chi connectivity index (χ0n) is 9.81. The lowest BCUT2D eigenvalue weighted by Gasteiger charge is -2.17. The number of rotatable bonds is 2. The number of hydrogen-bond acceptors (Lipinski definition) is 6. The molecule has 0 aromatic heterocycles. The van der Waals surface area contributed by atoms with Gasteiger partial charge < -0.3 is 0 Å². The van der Waals surface area contributed by atoms with E-state index in [1.54, 1.807) is 0 Å². The van der Waals surface area contributed by atoms with Crippen molar-refractivity contribution < 1.29 is 9.85 Å². The third kappa shape index (κ3) is 2.02. The van der Waals surface area contributed by atoms with Gasteiger partial charge in [-0.15, -0.1) is 0 Å². The predicted octanol–water partition coefficient (Wildman–Crippen LogP) is 4.12. The van der Waals surface area contributed by atoms with Crippen LogP contribution in [0.3, 0.4) is 0 Å². The molecule has 0 bridgehead atoms. The van der Waals surface area contributed by atoms with Gasteiger partial charge in [-0.2, -0.15) is 0 Å². The van der Waals surface area contributed by atoms with Gasteiger partial charge in [0.2, 0.25) is 0 Å². The Morgan fingerprint density at radius 2 is 1.15 bits per heavy atom. The Kier molecular flexibility index (Phi) is 3.11. The van der Waals surface area contributed by atoms with E-state index in [1.165, 1.54) is 35.7 Å². The van der Waals surface area contributed by atoms with Crippen LogP contribution in [0.25, 0.3) is 0 Å². The summed E-state index contributed by atoms with van der Waals surface area (Å²) in [6.45, 7) is 0. The molecule has 20 heavy (non-hydrogen) atoms. The molecule has 8 heteroatoms. The molecule has 0 aliphatic carbocycles. The first-order valence-electron chi connectivity index (χ1n) is 5.48. The SMILES string of the molecule is O=[N+]([O-])c1ccc([N+](=O)[O-])c2c1Sc1ccccc1S2. The Morgan fingerprint density at radius 1 is 0.750 bits per heavy atom. The molecule has 0 saturated heterocycles. The third-order valence-corrected chi connectivity index (χ3v) is 5.38. The van der Waals surface area contributed by atoms with Crippen molar-refractivity contribution in [1.82, 2.24) is 0 Å². The van der Waals surface area contributed by atoms with Crippen LogP contribution in [0.15, 0.2) is 56.0 Å². The van der Waals surface area contributed by atoms with Crippen molar-refractivity contribution in [3.05, 3.63) is 56.6 Å². The molecule has 0 spiro atoms. The molecule has 1 heterocycles. The molecule has 2 aromatic carbocycles. The van der Waals surface area contributed by atoms with Crippen LogP contribution in [0, 0.1) is 20.2 Å². The second-order valence-electron chi connectivity index (χ2n) is 3.93. The zero-order valence-corrected chi connectivity index (χ0v) is 11.4. The number of nitrogens with zero attached hydrogens (tertiary/aromatic N) is 2. The van der Waals surface area contributed by atoms with Crippen LogP contribution in [0.5, 0.6) is 0 Å². The Bertz CT molecular complexity index is 686. The van der Waals surface area contributed by atoms with Crippen molar-refractivity contribution >= 4 is 34.9 Å². The van der Waals surface area contributed by atoms with Gasteiger partial charge in [0.25, 0.3) is 11.4 Å². The van der Waals surface area contributed by atoms with Crippen molar-refractivity contribution in [2.75, 3.05) is 0 Å². The Balaban J connectivity index is 2.23. The lowest BCUT2D eigenvalue weighted by Crippen LogP contribution is -2.00. The largest absolute Gasteiger partial charge is 0.284 e. The van der Waals surface area contributed by atoms with Crippen LogP contribution in [0.2, 0.25) is 0 Å². The minimum atomic E-state index is -0.510. The molecule has 1 aliphatic rings. The molecule has 0 amide bonds. The summed E-state index contributed by atoms with van der Waals surface area (Å²) in [5.41, 5.74) is -0.199. The first kappa shape index (κ1) is 12.9. The van der Waals surface area contributed by atoms with Crippen LogP contribution < -0.4 is 0 Å². The van der Waals surface area contributed by atoms with Crippen molar-refractivity contribution in [2.45, 2.75) is 19.6 Å². The van der Waals surface area contributed by atoms with Gasteiger partial charge in [0.15, 0.2) is 0 Å². The maximum atomic E-state index is 11.1. The predicted molar refractivity (Wildman–Crippen MR) is 74.4 cm³/mol. The van der Waals surface area contributed by atoms with Gasteiger partial charge in [-0.1, -0.05) is 35.7 Å². The van der Waals surface area contributed by atoms with E-state index in [4.69, 9.17) is 0 Å². The number of nitro groups is 2. The monoisotopic (exact) mass is 306 g/mol. The molecular weight excluding hydrogens is 300 g/mol. The van der Waals surface area contributed by atoms with Crippen LogP contribution in [-0.2, 0) is 0 Å². The molecule has 3 rings (SSSR count). The van der Waals surface area contributed by atoms with Gasteiger partial charge in [-0.05, 0) is 12.1 Å². The van der Waals surface area contributed by atoms with E-state index in [2.05, 4.69) is 0 Å². The standard InChI is InChI=1S/C12H6N2O4S2/c15-13(16)7-5-6-8(14(17)18)12-11(7)19-9-3-1-2-4-10(9)20-12/h1-6H. The molecule has 0 radical (unpaired) electrons. The molecule has 0 unspecified atom stereocenters. The quantitative estimate of drug-likeness (QED) is 0.523. The number of nitro benzene ring substituents is 2. The first-order valence-corrected chi connectivity index (χ1v) is 7.12. The maximum absolute atomic E-state index is 11.1. The van der Waals surface area contributed by atoms with E-state index in [0.29, 0.717) is 9.79 Å². The molecular formula is C12H6N2O4S2. The molecule has 2 aromatic rings. The molecule has 0 N–H and O–H groups in total. The summed E-state index contributed by atoms with van der Waals surface area (Å²) < 4.78 is 0. The Labute approximate surface area is 121 Å². The number of hydrogen-bond donors (Lipinski definition) is 0. The second kappa shape index (κ2) is 4.80. The van der Waals surface area contributed by atoms with Crippen LogP contribution in [0.4, 0.5) is 11.4 Å². The van der Waals surface area contributed by atoms with E-state index in [9.17, 15) is 20.2 Å². The zero-order chi connectivity index (χ0) is 14.3. The summed E-state index contributed by atoms with van der Waals surface area (Å²) in [5, 5.41) is 22.2. The van der Waals surface area contributed by atoms with Gasteiger partial charge in [-0.25, -0.2) is 0 Å². The highest BCUT2D eigenvalue weighted by Gasteiger charge is 2.31. The van der Waals surface area contributed by atoms with Crippen molar-refractivity contribution in [1.29, 1.82) is 0 Å². The minimum absolute atomic E-state index is 0.0994. The van der Waals surface area contributed by atoms with Crippen LogP contribution in [-0.4, -0.2) is 9.85 Å². The minimum Gasteiger partial charge on any atom is -0.258 e.